The lowest BCUT2D eigenvalue weighted by Crippen LogP contribution is -2.39. The monoisotopic (exact) mass is 569 g/mol. The van der Waals surface area contributed by atoms with Crippen molar-refractivity contribution in [3.8, 4) is 10.7 Å². The van der Waals surface area contributed by atoms with Crippen molar-refractivity contribution in [3.63, 3.8) is 0 Å². The molecule has 4 rings (SSSR count). The van der Waals surface area contributed by atoms with Crippen LogP contribution in [0.1, 0.15) is 50.9 Å². The molecule has 2 atom stereocenters. The summed E-state index contributed by atoms with van der Waals surface area (Å²) in [4.78, 5) is 48.2. The highest BCUT2D eigenvalue weighted by Gasteiger charge is 2.34. The number of ether oxygens (including phenoxy) is 1. The number of carbonyl (C=O) groups excluding carboxylic acids is 3. The van der Waals surface area contributed by atoms with E-state index in [9.17, 15) is 27.9 Å². The van der Waals surface area contributed by atoms with E-state index in [1.807, 2.05) is 47.6 Å². The predicted molar refractivity (Wildman–Crippen MR) is 138 cm³/mol. The lowest BCUT2D eigenvalue weighted by atomic mass is 10.0. The van der Waals surface area contributed by atoms with Crippen LogP contribution in [0.3, 0.4) is 0 Å². The number of aliphatic hydroxyl groups excluding tert-OH is 1. The molecule has 3 heterocycles. The van der Waals surface area contributed by atoms with Gasteiger partial charge in [0.15, 0.2) is 11.1 Å². The van der Waals surface area contributed by atoms with E-state index in [2.05, 4.69) is 9.97 Å². The number of aromatic nitrogens is 2. The number of benzene rings is 1. The number of nitrogens with zero attached hydrogens (tertiary/aromatic N) is 2. The summed E-state index contributed by atoms with van der Waals surface area (Å²) in [5.74, 6) is 0. The number of thiazole rings is 1. The summed E-state index contributed by atoms with van der Waals surface area (Å²) in [6.45, 7) is 11.6. The van der Waals surface area contributed by atoms with Crippen molar-refractivity contribution in [2.45, 2.75) is 71.9 Å². The molecule has 0 saturated carbocycles. The number of β-amino-alcohol motifs (C(OH)–C–C–N with tert-alkyl or cyclic N) is 1. The minimum Gasteiger partial charge on any atom is -0.444 e. The van der Waals surface area contributed by atoms with Crippen LogP contribution in [0.15, 0.2) is 28.4 Å². The topological polar surface area (TPSA) is 130 Å². The SMILES string of the molecule is C[C@H]1C[C@@H](O)CN1C(=O)OC(C)(C)C.Cc1ccc2c(=O)cc(-c3nc(C(F)(F)F)cs3)[nH]c2c1C.O=C=O. The zero-order valence-electron chi connectivity index (χ0n) is 22.3. The number of rotatable bonds is 1. The maximum atomic E-state index is 12.6. The van der Waals surface area contributed by atoms with E-state index in [1.54, 1.807) is 11.0 Å². The number of H-pyrrole nitrogens is 1. The van der Waals surface area contributed by atoms with Gasteiger partial charge in [0.2, 0.25) is 0 Å². The Hall–Kier alpha value is -3.54. The van der Waals surface area contributed by atoms with Gasteiger partial charge in [-0.2, -0.15) is 22.8 Å². The van der Waals surface area contributed by atoms with E-state index in [0.29, 0.717) is 29.6 Å². The van der Waals surface area contributed by atoms with Crippen LogP contribution >= 0.6 is 11.3 Å². The third-order valence-corrected chi connectivity index (χ3v) is 6.62. The van der Waals surface area contributed by atoms with Crippen LogP contribution in [-0.4, -0.2) is 56.5 Å². The first-order valence-electron chi connectivity index (χ1n) is 11.8. The number of likely N-dealkylation sites (tertiary alicyclic amines) is 1. The number of amides is 1. The molecule has 39 heavy (non-hydrogen) atoms. The molecule has 1 amide bonds. The summed E-state index contributed by atoms with van der Waals surface area (Å²) in [5, 5.41) is 11.0. The third-order valence-electron chi connectivity index (χ3n) is 5.74. The molecule has 1 aliphatic heterocycles. The zero-order chi connectivity index (χ0) is 29.7. The number of hydrogen-bond acceptors (Lipinski definition) is 8. The van der Waals surface area contributed by atoms with Gasteiger partial charge in [0.05, 0.1) is 23.9 Å². The summed E-state index contributed by atoms with van der Waals surface area (Å²) in [5.41, 5.74) is 1.16. The van der Waals surface area contributed by atoms with E-state index in [1.165, 1.54) is 6.07 Å². The van der Waals surface area contributed by atoms with Crippen molar-refractivity contribution >= 4 is 34.5 Å². The molecule has 0 spiro atoms. The molecule has 3 aromatic rings. The molecule has 2 aromatic heterocycles. The maximum Gasteiger partial charge on any atom is 0.434 e. The highest BCUT2D eigenvalue weighted by atomic mass is 32.1. The molecule has 1 aromatic carbocycles. The van der Waals surface area contributed by atoms with E-state index < -0.39 is 23.6 Å². The average molecular weight is 570 g/mol. The first-order valence-corrected chi connectivity index (χ1v) is 12.7. The molecule has 1 fully saturated rings. The smallest absolute Gasteiger partial charge is 0.434 e. The van der Waals surface area contributed by atoms with E-state index in [0.717, 1.165) is 27.8 Å². The minimum absolute atomic E-state index is 0.0693. The zero-order valence-corrected chi connectivity index (χ0v) is 23.1. The molecule has 212 valence electrons. The molecular formula is C26H30F3N3O6S. The molecule has 0 aliphatic carbocycles. The predicted octanol–water partition coefficient (Wildman–Crippen LogP) is 5.08. The molecular weight excluding hydrogens is 539 g/mol. The van der Waals surface area contributed by atoms with Crippen molar-refractivity contribution in [1.82, 2.24) is 14.9 Å². The number of aryl methyl sites for hydroxylation is 2. The van der Waals surface area contributed by atoms with Gasteiger partial charge in [-0.05, 0) is 65.2 Å². The van der Waals surface area contributed by atoms with E-state index in [4.69, 9.17) is 14.3 Å². The summed E-state index contributed by atoms with van der Waals surface area (Å²) in [7, 11) is 0. The highest BCUT2D eigenvalue weighted by molar-refractivity contribution is 7.13. The number of halogens is 3. The Morgan fingerprint density at radius 1 is 1.23 bits per heavy atom. The second kappa shape index (κ2) is 12.5. The fourth-order valence-corrected chi connectivity index (χ4v) is 4.58. The van der Waals surface area contributed by atoms with Crippen LogP contribution in [-0.2, 0) is 20.5 Å². The lowest BCUT2D eigenvalue weighted by Gasteiger charge is -2.26. The number of carbonyl (C=O) groups is 1. The molecule has 13 heteroatoms. The summed E-state index contributed by atoms with van der Waals surface area (Å²) < 4.78 is 43.1. The molecule has 1 saturated heterocycles. The molecule has 9 nitrogen and oxygen atoms in total. The van der Waals surface area contributed by atoms with Crippen LogP contribution in [0, 0.1) is 13.8 Å². The molecule has 1 aliphatic rings. The second-order valence-electron chi connectivity index (χ2n) is 9.97. The quantitative estimate of drug-likeness (QED) is 0.418. The Bertz CT molecular complexity index is 1400. The van der Waals surface area contributed by atoms with Gasteiger partial charge in [0, 0.05) is 22.9 Å². The Kier molecular flexibility index (Phi) is 10.2. The fourth-order valence-electron chi connectivity index (χ4n) is 3.78. The maximum absolute atomic E-state index is 12.6. The van der Waals surface area contributed by atoms with Crippen LogP contribution in [0.4, 0.5) is 18.0 Å². The van der Waals surface area contributed by atoms with E-state index >= 15 is 0 Å². The van der Waals surface area contributed by atoms with Crippen LogP contribution < -0.4 is 5.43 Å². The normalized spacial score (nSPS) is 17.0. The second-order valence-corrected chi connectivity index (χ2v) is 10.8. The van der Waals surface area contributed by atoms with Crippen molar-refractivity contribution < 1.29 is 37.4 Å². The highest BCUT2D eigenvalue weighted by Crippen LogP contribution is 2.33. The third kappa shape index (κ3) is 8.47. The molecule has 0 radical (unpaired) electrons. The summed E-state index contributed by atoms with van der Waals surface area (Å²) >= 11 is 0.856. The Morgan fingerprint density at radius 3 is 2.33 bits per heavy atom. The molecule has 0 unspecified atom stereocenters. The van der Waals surface area contributed by atoms with Crippen LogP contribution in [0.2, 0.25) is 0 Å². The van der Waals surface area contributed by atoms with Crippen molar-refractivity contribution in [1.29, 1.82) is 0 Å². The molecule has 2 N–H and O–H groups in total. The van der Waals surface area contributed by atoms with Crippen LogP contribution in [0.25, 0.3) is 21.6 Å². The largest absolute Gasteiger partial charge is 0.444 e. The number of fused-ring (bicyclic) bond motifs is 1. The number of nitrogens with one attached hydrogen (secondary N) is 1. The van der Waals surface area contributed by atoms with Crippen molar-refractivity contribution in [2.75, 3.05) is 6.54 Å². The van der Waals surface area contributed by atoms with E-state index in [-0.39, 0.29) is 28.7 Å². The standard InChI is InChI=1S/C15H11F3N2OS.C10H19NO3.CO2/c1-7-3-4-9-11(21)5-10(19-13(9)8(7)2)14-20-12(6-22-14)15(16,17)18;1-7-5-8(12)6-11(7)9(13)14-10(2,3)4;2-1-3/h3-6H,1-2H3,(H,19,21);7-8,12H,5-6H2,1-4H3;/t;7-,8+;/m.0./s1. The first kappa shape index (κ1) is 31.7. The Balaban J connectivity index is 0.000000270. The molecule has 0 bridgehead atoms. The lowest BCUT2D eigenvalue weighted by molar-refractivity contribution is -0.191. The first-order chi connectivity index (χ1) is 18.0. The Morgan fingerprint density at radius 2 is 1.85 bits per heavy atom. The number of aliphatic hydroxyl groups is 1. The fraction of sp³-hybridized carbons (Fsp3) is 0.462. The average Bonchev–Trinajstić information content (AvgIpc) is 3.43. The van der Waals surface area contributed by atoms with Gasteiger partial charge in [0.25, 0.3) is 0 Å². The van der Waals surface area contributed by atoms with Crippen molar-refractivity contribution in [3.05, 3.63) is 50.6 Å². The number of pyridine rings is 1. The minimum atomic E-state index is -4.49. The number of aromatic amines is 1. The number of hydrogen-bond donors (Lipinski definition) is 2. The van der Waals surface area contributed by atoms with Gasteiger partial charge in [-0.25, -0.2) is 9.78 Å². The van der Waals surface area contributed by atoms with Gasteiger partial charge < -0.3 is 19.7 Å². The van der Waals surface area contributed by atoms with Gasteiger partial charge in [0.1, 0.15) is 10.6 Å². The van der Waals surface area contributed by atoms with Gasteiger partial charge >= 0.3 is 18.4 Å². The number of alkyl halides is 3. The summed E-state index contributed by atoms with van der Waals surface area (Å²) in [6, 6.07) is 4.91. The Labute approximate surface area is 226 Å². The van der Waals surface area contributed by atoms with Gasteiger partial charge in [-0.15, -0.1) is 11.3 Å². The van der Waals surface area contributed by atoms with Crippen molar-refractivity contribution in [2.24, 2.45) is 0 Å². The van der Waals surface area contributed by atoms with Gasteiger partial charge in [-0.1, -0.05) is 6.07 Å². The van der Waals surface area contributed by atoms with Gasteiger partial charge in [-0.3, -0.25) is 4.79 Å². The van der Waals surface area contributed by atoms with Crippen LogP contribution in [0.5, 0.6) is 0 Å². The summed E-state index contributed by atoms with van der Waals surface area (Å²) in [6.07, 6.45) is -4.34.